The van der Waals surface area contributed by atoms with Crippen molar-refractivity contribution in [2.75, 3.05) is 6.54 Å². The molecule has 0 aliphatic heterocycles. The Labute approximate surface area is 119 Å². The van der Waals surface area contributed by atoms with Crippen molar-refractivity contribution in [2.24, 2.45) is 5.92 Å². The molecule has 0 spiro atoms. The molecule has 1 aromatic rings. The molecule has 0 heterocycles. The zero-order valence-electron chi connectivity index (χ0n) is 12.1. The minimum Gasteiger partial charge on any atom is -0.458 e. The number of hydrogen-bond acceptors (Lipinski definition) is 4. The summed E-state index contributed by atoms with van der Waals surface area (Å²) in [6.07, 6.45) is -1.53. The zero-order valence-corrected chi connectivity index (χ0v) is 12.1. The molecule has 5 heteroatoms. The first-order valence-electron chi connectivity index (χ1n) is 6.64. The van der Waals surface area contributed by atoms with E-state index >= 15 is 0 Å². The lowest BCUT2D eigenvalue weighted by atomic mass is 10.2. The second kappa shape index (κ2) is 8.19. The minimum atomic E-state index is -0.925. The van der Waals surface area contributed by atoms with Crippen LogP contribution in [0.1, 0.15) is 26.3 Å². The van der Waals surface area contributed by atoms with Crippen molar-refractivity contribution < 1.29 is 19.1 Å². The van der Waals surface area contributed by atoms with Gasteiger partial charge in [-0.05, 0) is 18.4 Å². The first-order chi connectivity index (χ1) is 9.49. The van der Waals surface area contributed by atoms with Gasteiger partial charge < -0.3 is 14.8 Å². The average Bonchev–Trinajstić information content (AvgIpc) is 2.43. The standard InChI is InChI=1S/C15H21NO4/c1-11(2)9-16-15(18)20-12(3)14(17)19-10-13-7-5-4-6-8-13/h4-8,11-12H,9-10H2,1-3H3,(H,16,18). The number of carbonyl (C=O) groups excluding carboxylic acids is 2. The predicted molar refractivity (Wildman–Crippen MR) is 75.0 cm³/mol. The molecule has 0 saturated carbocycles. The van der Waals surface area contributed by atoms with Gasteiger partial charge in [-0.1, -0.05) is 44.2 Å². The van der Waals surface area contributed by atoms with Gasteiger partial charge >= 0.3 is 12.1 Å². The maximum Gasteiger partial charge on any atom is 0.407 e. The number of hydrogen-bond donors (Lipinski definition) is 1. The van der Waals surface area contributed by atoms with E-state index in [1.807, 2.05) is 44.2 Å². The van der Waals surface area contributed by atoms with E-state index in [-0.39, 0.29) is 6.61 Å². The van der Waals surface area contributed by atoms with Crippen molar-refractivity contribution in [3.63, 3.8) is 0 Å². The minimum absolute atomic E-state index is 0.168. The van der Waals surface area contributed by atoms with E-state index in [4.69, 9.17) is 9.47 Å². The second-order valence-corrected chi connectivity index (χ2v) is 4.92. The topological polar surface area (TPSA) is 64.6 Å². The summed E-state index contributed by atoms with van der Waals surface area (Å²) in [5.41, 5.74) is 0.886. The van der Waals surface area contributed by atoms with Crippen molar-refractivity contribution in [3.8, 4) is 0 Å². The summed E-state index contributed by atoms with van der Waals surface area (Å²) in [5.74, 6) is -0.239. The molecule has 0 aromatic heterocycles. The van der Waals surface area contributed by atoms with Crippen LogP contribution in [0.3, 0.4) is 0 Å². The Morgan fingerprint density at radius 2 is 1.80 bits per heavy atom. The molecular weight excluding hydrogens is 258 g/mol. The van der Waals surface area contributed by atoms with Crippen LogP contribution in [0.4, 0.5) is 4.79 Å². The normalized spacial score (nSPS) is 11.8. The molecule has 1 rings (SSSR count). The summed E-state index contributed by atoms with van der Waals surface area (Å²) in [6, 6.07) is 9.32. The SMILES string of the molecule is CC(C)CNC(=O)OC(C)C(=O)OCc1ccccc1. The van der Waals surface area contributed by atoms with E-state index in [0.717, 1.165) is 5.56 Å². The van der Waals surface area contributed by atoms with Crippen LogP contribution in [-0.4, -0.2) is 24.7 Å². The van der Waals surface area contributed by atoms with Crippen LogP contribution < -0.4 is 5.32 Å². The van der Waals surface area contributed by atoms with Crippen molar-refractivity contribution in [2.45, 2.75) is 33.5 Å². The van der Waals surface area contributed by atoms with E-state index < -0.39 is 18.2 Å². The van der Waals surface area contributed by atoms with E-state index in [9.17, 15) is 9.59 Å². The number of amides is 1. The van der Waals surface area contributed by atoms with Crippen molar-refractivity contribution in [1.29, 1.82) is 0 Å². The van der Waals surface area contributed by atoms with Gasteiger partial charge in [0.1, 0.15) is 6.61 Å². The average molecular weight is 279 g/mol. The quantitative estimate of drug-likeness (QED) is 0.813. The number of benzene rings is 1. The Balaban J connectivity index is 2.30. The number of nitrogens with one attached hydrogen (secondary N) is 1. The highest BCUT2D eigenvalue weighted by molar-refractivity contribution is 5.78. The first kappa shape index (κ1) is 16.0. The third-order valence-electron chi connectivity index (χ3n) is 2.49. The molecular formula is C15H21NO4. The van der Waals surface area contributed by atoms with Gasteiger partial charge in [0.05, 0.1) is 0 Å². The van der Waals surface area contributed by atoms with Crippen molar-refractivity contribution in [1.82, 2.24) is 5.32 Å². The summed E-state index contributed by atoms with van der Waals surface area (Å²) in [6.45, 7) is 6.10. The number of ether oxygens (including phenoxy) is 2. The van der Waals surface area contributed by atoms with Crippen LogP contribution in [0.25, 0.3) is 0 Å². The monoisotopic (exact) mass is 279 g/mol. The van der Waals surface area contributed by atoms with Gasteiger partial charge in [0.15, 0.2) is 6.10 Å². The Kier molecular flexibility index (Phi) is 6.56. The maximum absolute atomic E-state index is 11.7. The van der Waals surface area contributed by atoms with Crippen molar-refractivity contribution in [3.05, 3.63) is 35.9 Å². The third-order valence-corrected chi connectivity index (χ3v) is 2.49. The lowest BCUT2D eigenvalue weighted by Gasteiger charge is -2.14. The fraction of sp³-hybridized carbons (Fsp3) is 0.467. The van der Waals surface area contributed by atoms with Crippen molar-refractivity contribution >= 4 is 12.1 Å². The molecule has 0 saturated heterocycles. The molecule has 0 aliphatic rings. The molecule has 110 valence electrons. The molecule has 20 heavy (non-hydrogen) atoms. The van der Waals surface area contributed by atoms with Crippen LogP contribution >= 0.6 is 0 Å². The molecule has 1 amide bonds. The number of alkyl carbamates (subject to hydrolysis) is 1. The lowest BCUT2D eigenvalue weighted by molar-refractivity contribution is -0.154. The van der Waals surface area contributed by atoms with E-state index in [1.165, 1.54) is 6.92 Å². The lowest BCUT2D eigenvalue weighted by Crippen LogP contribution is -2.34. The number of rotatable bonds is 6. The summed E-state index contributed by atoms with van der Waals surface area (Å²) in [4.78, 5) is 23.1. The smallest absolute Gasteiger partial charge is 0.407 e. The molecule has 0 radical (unpaired) electrons. The van der Waals surface area contributed by atoms with Crippen LogP contribution in [0.2, 0.25) is 0 Å². The van der Waals surface area contributed by atoms with Gasteiger partial charge in [0, 0.05) is 6.54 Å². The zero-order chi connectivity index (χ0) is 15.0. The molecule has 1 unspecified atom stereocenters. The molecule has 1 N–H and O–H groups in total. The number of esters is 1. The second-order valence-electron chi connectivity index (χ2n) is 4.92. The molecule has 0 fully saturated rings. The molecule has 0 aliphatic carbocycles. The highest BCUT2D eigenvalue weighted by Crippen LogP contribution is 2.03. The van der Waals surface area contributed by atoms with E-state index in [1.54, 1.807) is 0 Å². The van der Waals surface area contributed by atoms with Gasteiger partial charge in [0.2, 0.25) is 0 Å². The summed E-state index contributed by atoms with van der Waals surface area (Å²) < 4.78 is 10.00. The largest absolute Gasteiger partial charge is 0.458 e. The van der Waals surface area contributed by atoms with Crippen LogP contribution in [0.5, 0.6) is 0 Å². The Morgan fingerprint density at radius 1 is 1.15 bits per heavy atom. The van der Waals surface area contributed by atoms with Gasteiger partial charge in [-0.15, -0.1) is 0 Å². The van der Waals surface area contributed by atoms with Gasteiger partial charge in [-0.25, -0.2) is 9.59 Å². The van der Waals surface area contributed by atoms with Crippen LogP contribution in [-0.2, 0) is 20.9 Å². The van der Waals surface area contributed by atoms with Crippen LogP contribution in [0, 0.1) is 5.92 Å². The van der Waals surface area contributed by atoms with Gasteiger partial charge in [-0.2, -0.15) is 0 Å². The summed E-state index contributed by atoms with van der Waals surface area (Å²) in [7, 11) is 0. The maximum atomic E-state index is 11.7. The number of carbonyl (C=O) groups is 2. The third kappa shape index (κ3) is 6.22. The summed E-state index contributed by atoms with van der Waals surface area (Å²) in [5, 5.41) is 2.57. The Hall–Kier alpha value is -2.04. The van der Waals surface area contributed by atoms with E-state index in [0.29, 0.717) is 12.5 Å². The predicted octanol–water partition coefficient (Wildman–Crippen LogP) is 2.50. The fourth-order valence-corrected chi connectivity index (χ4v) is 1.38. The molecule has 1 atom stereocenters. The molecule has 0 bridgehead atoms. The summed E-state index contributed by atoms with van der Waals surface area (Å²) >= 11 is 0. The molecule has 5 nitrogen and oxygen atoms in total. The Bertz CT molecular complexity index is 431. The Morgan fingerprint density at radius 3 is 2.40 bits per heavy atom. The van der Waals surface area contributed by atoms with Gasteiger partial charge in [0.25, 0.3) is 0 Å². The highest BCUT2D eigenvalue weighted by atomic mass is 16.6. The highest BCUT2D eigenvalue weighted by Gasteiger charge is 2.19. The fourth-order valence-electron chi connectivity index (χ4n) is 1.38. The van der Waals surface area contributed by atoms with E-state index in [2.05, 4.69) is 5.32 Å². The molecule has 1 aromatic carbocycles. The van der Waals surface area contributed by atoms with Gasteiger partial charge in [-0.3, -0.25) is 0 Å². The van der Waals surface area contributed by atoms with Crippen LogP contribution in [0.15, 0.2) is 30.3 Å². The first-order valence-corrected chi connectivity index (χ1v) is 6.64.